The molecule has 0 aliphatic carbocycles. The van der Waals surface area contributed by atoms with E-state index in [0.29, 0.717) is 24.8 Å². The summed E-state index contributed by atoms with van der Waals surface area (Å²) in [6.07, 6.45) is 2.01. The van der Waals surface area contributed by atoms with E-state index >= 15 is 0 Å². The van der Waals surface area contributed by atoms with Gasteiger partial charge in [-0.25, -0.2) is 0 Å². The van der Waals surface area contributed by atoms with Crippen LogP contribution in [0, 0.1) is 5.92 Å². The molecule has 1 aromatic heterocycles. The van der Waals surface area contributed by atoms with Crippen LogP contribution in [0.3, 0.4) is 0 Å². The number of hydrogen-bond acceptors (Lipinski definition) is 5. The minimum Gasteiger partial charge on any atom is -0.392 e. The first kappa shape index (κ1) is 9.61. The van der Waals surface area contributed by atoms with Gasteiger partial charge in [0.25, 0.3) is 0 Å². The highest BCUT2D eigenvalue weighted by Crippen LogP contribution is 2.17. The van der Waals surface area contributed by atoms with Crippen LogP contribution in [-0.4, -0.2) is 39.3 Å². The SMILES string of the molecule is C[C@@H]1C[C@H](O)CN(Cc2ncon2)C1. The minimum atomic E-state index is -0.217. The minimum absolute atomic E-state index is 0.217. The lowest BCUT2D eigenvalue weighted by Gasteiger charge is -2.33. The molecule has 0 bridgehead atoms. The largest absolute Gasteiger partial charge is 0.392 e. The van der Waals surface area contributed by atoms with E-state index in [1.165, 1.54) is 6.39 Å². The van der Waals surface area contributed by atoms with Crippen LogP contribution in [0.25, 0.3) is 0 Å². The molecule has 1 N–H and O–H groups in total. The fraction of sp³-hybridized carbons (Fsp3) is 0.778. The summed E-state index contributed by atoms with van der Waals surface area (Å²) in [5.74, 6) is 1.22. The van der Waals surface area contributed by atoms with E-state index in [1.54, 1.807) is 0 Å². The van der Waals surface area contributed by atoms with Gasteiger partial charge in [0.15, 0.2) is 5.82 Å². The Hall–Kier alpha value is -0.940. The predicted molar refractivity (Wildman–Crippen MR) is 49.4 cm³/mol. The Balaban J connectivity index is 1.91. The van der Waals surface area contributed by atoms with Crippen LogP contribution in [0.4, 0.5) is 0 Å². The third kappa shape index (κ3) is 2.30. The van der Waals surface area contributed by atoms with Crippen molar-refractivity contribution in [3.63, 3.8) is 0 Å². The first-order valence-electron chi connectivity index (χ1n) is 4.89. The number of aliphatic hydroxyl groups is 1. The molecule has 0 aromatic carbocycles. The van der Waals surface area contributed by atoms with Gasteiger partial charge in [0, 0.05) is 13.1 Å². The van der Waals surface area contributed by atoms with Crippen molar-refractivity contribution in [3.05, 3.63) is 12.2 Å². The highest BCUT2D eigenvalue weighted by atomic mass is 16.5. The first-order valence-corrected chi connectivity index (χ1v) is 4.89. The van der Waals surface area contributed by atoms with Crippen molar-refractivity contribution in [3.8, 4) is 0 Å². The van der Waals surface area contributed by atoms with Crippen molar-refractivity contribution >= 4 is 0 Å². The van der Waals surface area contributed by atoms with Crippen molar-refractivity contribution in [2.75, 3.05) is 13.1 Å². The topological polar surface area (TPSA) is 62.4 Å². The van der Waals surface area contributed by atoms with Crippen LogP contribution < -0.4 is 0 Å². The van der Waals surface area contributed by atoms with Crippen LogP contribution >= 0.6 is 0 Å². The van der Waals surface area contributed by atoms with Crippen molar-refractivity contribution in [1.29, 1.82) is 0 Å². The highest BCUT2D eigenvalue weighted by molar-refractivity contribution is 4.83. The van der Waals surface area contributed by atoms with Crippen molar-refractivity contribution in [1.82, 2.24) is 15.0 Å². The van der Waals surface area contributed by atoms with Crippen molar-refractivity contribution < 1.29 is 9.63 Å². The zero-order valence-electron chi connectivity index (χ0n) is 8.26. The van der Waals surface area contributed by atoms with Crippen LogP contribution in [0.1, 0.15) is 19.2 Å². The van der Waals surface area contributed by atoms with Crippen LogP contribution in [0.15, 0.2) is 10.9 Å². The Bertz CT molecular complexity index is 266. The van der Waals surface area contributed by atoms with Crippen LogP contribution in [-0.2, 0) is 6.54 Å². The zero-order chi connectivity index (χ0) is 9.97. The fourth-order valence-corrected chi connectivity index (χ4v) is 2.02. The molecular formula is C9H15N3O2. The maximum atomic E-state index is 9.57. The molecule has 1 aromatic rings. The summed E-state index contributed by atoms with van der Waals surface area (Å²) >= 11 is 0. The van der Waals surface area contributed by atoms with Gasteiger partial charge >= 0.3 is 0 Å². The third-order valence-electron chi connectivity index (χ3n) is 2.49. The number of nitrogens with zero attached hydrogens (tertiary/aromatic N) is 3. The van der Waals surface area contributed by atoms with E-state index in [-0.39, 0.29) is 6.10 Å². The summed E-state index contributed by atoms with van der Waals surface area (Å²) in [7, 11) is 0. The molecule has 2 heterocycles. The standard InChI is InChI=1S/C9H15N3O2/c1-7-2-8(13)4-12(3-7)5-9-10-6-14-11-9/h6-8,13H,2-5H2,1H3/t7-,8+/m1/s1. The third-order valence-corrected chi connectivity index (χ3v) is 2.49. The summed E-state index contributed by atoms with van der Waals surface area (Å²) < 4.78 is 4.66. The lowest BCUT2D eigenvalue weighted by molar-refractivity contribution is 0.0393. The maximum absolute atomic E-state index is 9.57. The molecule has 1 aliphatic rings. The van der Waals surface area contributed by atoms with Crippen molar-refractivity contribution in [2.24, 2.45) is 5.92 Å². The normalized spacial score (nSPS) is 29.3. The average molecular weight is 197 g/mol. The van der Waals surface area contributed by atoms with Gasteiger partial charge in [-0.15, -0.1) is 0 Å². The maximum Gasteiger partial charge on any atom is 0.213 e. The molecule has 5 nitrogen and oxygen atoms in total. The number of rotatable bonds is 2. The van der Waals surface area contributed by atoms with Gasteiger partial charge in [0.1, 0.15) is 0 Å². The molecule has 0 saturated carbocycles. The number of piperidine rings is 1. The first-order chi connectivity index (χ1) is 6.74. The van der Waals surface area contributed by atoms with E-state index in [4.69, 9.17) is 0 Å². The second kappa shape index (κ2) is 4.06. The summed E-state index contributed by atoms with van der Waals surface area (Å²) in [6.45, 7) is 4.51. The van der Waals surface area contributed by atoms with E-state index < -0.39 is 0 Å². The molecule has 1 saturated heterocycles. The number of β-amino-alcohol motifs (C(OH)–C–C–N with tert-alkyl or cyclic N) is 1. The molecule has 2 atom stereocenters. The van der Waals surface area contributed by atoms with Crippen molar-refractivity contribution in [2.45, 2.75) is 26.0 Å². The lowest BCUT2D eigenvalue weighted by Crippen LogP contribution is -2.41. The molecule has 0 radical (unpaired) electrons. The van der Waals surface area contributed by atoms with Gasteiger partial charge in [-0.2, -0.15) is 4.98 Å². The van der Waals surface area contributed by atoms with Gasteiger partial charge in [-0.05, 0) is 12.3 Å². The molecule has 5 heteroatoms. The Morgan fingerprint density at radius 3 is 3.14 bits per heavy atom. The Morgan fingerprint density at radius 1 is 1.64 bits per heavy atom. The lowest BCUT2D eigenvalue weighted by atomic mass is 9.98. The molecule has 14 heavy (non-hydrogen) atoms. The fourth-order valence-electron chi connectivity index (χ4n) is 2.02. The number of likely N-dealkylation sites (tertiary alicyclic amines) is 1. The molecule has 0 unspecified atom stereocenters. The Morgan fingerprint density at radius 2 is 2.50 bits per heavy atom. The molecule has 78 valence electrons. The van der Waals surface area contributed by atoms with Crippen LogP contribution in [0.2, 0.25) is 0 Å². The van der Waals surface area contributed by atoms with Gasteiger partial charge < -0.3 is 9.63 Å². The molecular weight excluding hydrogens is 182 g/mol. The highest BCUT2D eigenvalue weighted by Gasteiger charge is 2.23. The monoisotopic (exact) mass is 197 g/mol. The summed E-state index contributed by atoms with van der Waals surface area (Å²) in [5, 5.41) is 13.3. The van der Waals surface area contributed by atoms with Gasteiger partial charge in [0.05, 0.1) is 12.6 Å². The zero-order valence-corrected chi connectivity index (χ0v) is 8.26. The van der Waals surface area contributed by atoms with E-state index in [1.807, 2.05) is 0 Å². The molecule has 1 fully saturated rings. The number of hydrogen-bond donors (Lipinski definition) is 1. The molecule has 0 amide bonds. The van der Waals surface area contributed by atoms with Gasteiger partial charge in [0.2, 0.25) is 6.39 Å². The second-order valence-corrected chi connectivity index (χ2v) is 4.04. The summed E-state index contributed by atoms with van der Waals surface area (Å²) in [4.78, 5) is 6.12. The molecule has 1 aliphatic heterocycles. The van der Waals surface area contributed by atoms with E-state index in [0.717, 1.165) is 13.0 Å². The van der Waals surface area contributed by atoms with E-state index in [2.05, 4.69) is 26.5 Å². The smallest absolute Gasteiger partial charge is 0.213 e. The summed E-state index contributed by atoms with van der Waals surface area (Å²) in [6, 6.07) is 0. The Kier molecular flexibility index (Phi) is 2.79. The predicted octanol–water partition coefficient (Wildman–Crippen LogP) is 0.272. The van der Waals surface area contributed by atoms with Gasteiger partial charge in [-0.1, -0.05) is 12.1 Å². The molecule has 2 rings (SSSR count). The van der Waals surface area contributed by atoms with Crippen LogP contribution in [0.5, 0.6) is 0 Å². The number of aliphatic hydroxyl groups excluding tert-OH is 1. The number of aromatic nitrogens is 2. The average Bonchev–Trinajstić information content (AvgIpc) is 2.54. The quantitative estimate of drug-likeness (QED) is 0.737. The van der Waals surface area contributed by atoms with Gasteiger partial charge in [-0.3, -0.25) is 4.90 Å². The summed E-state index contributed by atoms with van der Waals surface area (Å²) in [5.41, 5.74) is 0. The second-order valence-electron chi connectivity index (χ2n) is 4.04. The van der Waals surface area contributed by atoms with E-state index in [9.17, 15) is 5.11 Å². The Labute approximate surface area is 82.7 Å². The molecule has 0 spiro atoms.